The molecule has 2 aromatic carbocycles. The summed E-state index contributed by atoms with van der Waals surface area (Å²) in [4.78, 5) is 22.0. The third-order valence-corrected chi connectivity index (χ3v) is 4.68. The summed E-state index contributed by atoms with van der Waals surface area (Å²) in [5.41, 5.74) is 1.67. The van der Waals surface area contributed by atoms with Crippen LogP contribution in [0, 0.1) is 0 Å². The van der Waals surface area contributed by atoms with Gasteiger partial charge < -0.3 is 0 Å². The molecule has 2 aromatic heterocycles. The van der Waals surface area contributed by atoms with E-state index >= 15 is 0 Å². The van der Waals surface area contributed by atoms with E-state index in [4.69, 9.17) is 23.2 Å². The lowest BCUT2D eigenvalue weighted by atomic mass is 10.2. The van der Waals surface area contributed by atoms with E-state index in [0.717, 1.165) is 5.56 Å². The van der Waals surface area contributed by atoms with E-state index < -0.39 is 0 Å². The molecule has 6 heteroatoms. The number of halogens is 2. The number of nitrogens with zero attached hydrogens (tertiary/aromatic N) is 3. The van der Waals surface area contributed by atoms with Crippen LogP contribution in [0.25, 0.3) is 28.7 Å². The summed E-state index contributed by atoms with van der Waals surface area (Å²) >= 11 is 12.7. The summed E-state index contributed by atoms with van der Waals surface area (Å²) < 4.78 is 1.44. The summed E-state index contributed by atoms with van der Waals surface area (Å²) in [7, 11) is 0. The molecule has 0 radical (unpaired) electrons. The van der Waals surface area contributed by atoms with Crippen LogP contribution in [0.15, 0.2) is 71.8 Å². The van der Waals surface area contributed by atoms with Crippen LogP contribution in [-0.4, -0.2) is 14.5 Å². The molecule has 0 amide bonds. The number of hydrogen-bond donors (Lipinski definition) is 0. The third-order valence-electron chi connectivity index (χ3n) is 4.07. The average Bonchev–Trinajstić information content (AvgIpc) is 2.69. The lowest BCUT2D eigenvalue weighted by Crippen LogP contribution is -2.23. The Bertz CT molecular complexity index is 1200. The highest BCUT2D eigenvalue weighted by Gasteiger charge is 2.16. The number of rotatable bonds is 3. The molecule has 0 bridgehead atoms. The van der Waals surface area contributed by atoms with Gasteiger partial charge in [-0.1, -0.05) is 47.5 Å². The monoisotopic (exact) mass is 393 g/mol. The fraction of sp³-hybridized carbons (Fsp3) is 0. The van der Waals surface area contributed by atoms with Gasteiger partial charge in [0.15, 0.2) is 0 Å². The molecule has 0 saturated heterocycles. The molecule has 2 heterocycles. The number of benzene rings is 2. The zero-order chi connectivity index (χ0) is 18.8. The quantitative estimate of drug-likeness (QED) is 0.476. The number of pyridine rings is 1. The molecule has 132 valence electrons. The second-order valence-electron chi connectivity index (χ2n) is 5.82. The highest BCUT2D eigenvalue weighted by Crippen LogP contribution is 2.29. The van der Waals surface area contributed by atoms with Crippen molar-refractivity contribution in [2.45, 2.75) is 0 Å². The van der Waals surface area contributed by atoms with Gasteiger partial charge in [-0.15, -0.1) is 0 Å². The van der Waals surface area contributed by atoms with E-state index in [1.54, 1.807) is 54.9 Å². The van der Waals surface area contributed by atoms with Gasteiger partial charge in [-0.25, -0.2) is 4.98 Å². The lowest BCUT2D eigenvalue weighted by molar-refractivity contribution is 0.944. The Kier molecular flexibility index (Phi) is 4.75. The highest BCUT2D eigenvalue weighted by molar-refractivity contribution is 6.37. The predicted octanol–water partition coefficient (Wildman–Crippen LogP) is 5.26. The number of hydrogen-bond acceptors (Lipinski definition) is 3. The highest BCUT2D eigenvalue weighted by atomic mass is 35.5. The van der Waals surface area contributed by atoms with Gasteiger partial charge in [0.1, 0.15) is 5.82 Å². The SMILES string of the molecule is O=c1c2ccccc2nc(C=Cc2cccnc2)n1-c1c(Cl)cccc1Cl. The summed E-state index contributed by atoms with van der Waals surface area (Å²) in [6.07, 6.45) is 7.02. The first-order valence-electron chi connectivity index (χ1n) is 8.19. The van der Waals surface area contributed by atoms with Gasteiger partial charge in [0.25, 0.3) is 5.56 Å². The summed E-state index contributed by atoms with van der Waals surface area (Å²) in [5.74, 6) is 0.428. The fourth-order valence-electron chi connectivity index (χ4n) is 2.83. The molecule has 27 heavy (non-hydrogen) atoms. The van der Waals surface area contributed by atoms with E-state index in [-0.39, 0.29) is 5.56 Å². The Balaban J connectivity index is 2.02. The summed E-state index contributed by atoms with van der Waals surface area (Å²) in [6.45, 7) is 0. The minimum absolute atomic E-state index is 0.235. The normalized spacial score (nSPS) is 11.3. The van der Waals surface area contributed by atoms with Gasteiger partial charge in [0, 0.05) is 12.4 Å². The van der Waals surface area contributed by atoms with Crippen LogP contribution in [0.2, 0.25) is 10.0 Å². The van der Waals surface area contributed by atoms with Gasteiger partial charge in [0.05, 0.1) is 26.6 Å². The topological polar surface area (TPSA) is 47.8 Å². The molecule has 4 nitrogen and oxygen atoms in total. The van der Waals surface area contributed by atoms with Crippen molar-refractivity contribution in [2.24, 2.45) is 0 Å². The molecule has 0 unspecified atom stereocenters. The first kappa shape index (κ1) is 17.5. The van der Waals surface area contributed by atoms with Crippen molar-refractivity contribution in [3.8, 4) is 5.69 Å². The molecule has 0 aliphatic carbocycles. The van der Waals surface area contributed by atoms with Gasteiger partial charge >= 0.3 is 0 Å². The molecule has 0 aliphatic heterocycles. The van der Waals surface area contributed by atoms with E-state index in [1.807, 2.05) is 24.3 Å². The van der Waals surface area contributed by atoms with Crippen molar-refractivity contribution in [3.63, 3.8) is 0 Å². The van der Waals surface area contributed by atoms with Gasteiger partial charge in [-0.2, -0.15) is 0 Å². The molecular weight excluding hydrogens is 381 g/mol. The molecule has 0 N–H and O–H groups in total. The van der Waals surface area contributed by atoms with Crippen molar-refractivity contribution >= 4 is 46.3 Å². The molecule has 0 saturated carbocycles. The van der Waals surface area contributed by atoms with Crippen LogP contribution in [-0.2, 0) is 0 Å². The first-order chi connectivity index (χ1) is 13.1. The fourth-order valence-corrected chi connectivity index (χ4v) is 3.39. The zero-order valence-corrected chi connectivity index (χ0v) is 15.5. The second-order valence-corrected chi connectivity index (χ2v) is 6.63. The maximum atomic E-state index is 13.2. The standard InChI is InChI=1S/C21H13Cl2N3O/c22-16-7-3-8-17(23)20(16)26-19(11-10-14-5-4-12-24-13-14)25-18-9-2-1-6-15(18)21(26)27/h1-13H. The van der Waals surface area contributed by atoms with Crippen LogP contribution in [0.1, 0.15) is 11.4 Å². The average molecular weight is 394 g/mol. The van der Waals surface area contributed by atoms with E-state index in [2.05, 4.69) is 9.97 Å². The first-order valence-corrected chi connectivity index (χ1v) is 8.95. The van der Waals surface area contributed by atoms with Crippen LogP contribution < -0.4 is 5.56 Å². The van der Waals surface area contributed by atoms with Gasteiger partial charge in [-0.05, 0) is 48.0 Å². The Morgan fingerprint density at radius 2 is 1.67 bits per heavy atom. The van der Waals surface area contributed by atoms with Crippen molar-refractivity contribution in [3.05, 3.63) is 98.8 Å². The van der Waals surface area contributed by atoms with Crippen LogP contribution in [0.3, 0.4) is 0 Å². The molecular formula is C21H13Cl2N3O. The molecule has 0 aliphatic rings. The number of aromatic nitrogens is 3. The smallest absolute Gasteiger partial charge is 0.266 e. The number of para-hydroxylation sites is 2. The third kappa shape index (κ3) is 3.37. The maximum Gasteiger partial charge on any atom is 0.266 e. The second kappa shape index (κ2) is 7.35. The Labute approximate surface area is 165 Å². The molecule has 0 atom stereocenters. The Morgan fingerprint density at radius 1 is 0.889 bits per heavy atom. The maximum absolute atomic E-state index is 13.2. The lowest BCUT2D eigenvalue weighted by Gasteiger charge is -2.14. The van der Waals surface area contributed by atoms with Crippen molar-refractivity contribution in [2.75, 3.05) is 0 Å². The van der Waals surface area contributed by atoms with Crippen LogP contribution in [0.5, 0.6) is 0 Å². The zero-order valence-electron chi connectivity index (χ0n) is 14.0. The molecule has 4 rings (SSSR count). The van der Waals surface area contributed by atoms with Crippen molar-refractivity contribution in [1.82, 2.24) is 14.5 Å². The largest absolute Gasteiger partial charge is 0.268 e. The summed E-state index contributed by atoms with van der Waals surface area (Å²) in [6, 6.07) is 16.1. The van der Waals surface area contributed by atoms with Crippen molar-refractivity contribution < 1.29 is 0 Å². The minimum Gasteiger partial charge on any atom is -0.268 e. The van der Waals surface area contributed by atoms with E-state index in [0.29, 0.717) is 32.5 Å². The predicted molar refractivity (Wildman–Crippen MR) is 111 cm³/mol. The van der Waals surface area contributed by atoms with Gasteiger partial charge in [0.2, 0.25) is 0 Å². The summed E-state index contributed by atoms with van der Waals surface area (Å²) in [5, 5.41) is 1.24. The molecule has 0 fully saturated rings. The molecule has 4 aromatic rings. The van der Waals surface area contributed by atoms with Crippen molar-refractivity contribution in [1.29, 1.82) is 0 Å². The Hall–Kier alpha value is -2.95. The number of fused-ring (bicyclic) bond motifs is 1. The van der Waals surface area contributed by atoms with E-state index in [9.17, 15) is 4.79 Å². The van der Waals surface area contributed by atoms with Crippen LogP contribution in [0.4, 0.5) is 0 Å². The van der Waals surface area contributed by atoms with E-state index in [1.165, 1.54) is 4.57 Å². The van der Waals surface area contributed by atoms with Crippen LogP contribution >= 0.6 is 23.2 Å². The minimum atomic E-state index is -0.235. The Morgan fingerprint density at radius 3 is 2.41 bits per heavy atom. The van der Waals surface area contributed by atoms with Gasteiger partial charge in [-0.3, -0.25) is 14.3 Å². The molecule has 0 spiro atoms.